The van der Waals surface area contributed by atoms with Gasteiger partial charge in [0.25, 0.3) is 5.91 Å². The summed E-state index contributed by atoms with van der Waals surface area (Å²) in [6.45, 7) is 8.49. The van der Waals surface area contributed by atoms with Gasteiger partial charge in [-0.15, -0.1) is 0 Å². The number of nitrogens with zero attached hydrogens (tertiary/aromatic N) is 3. The van der Waals surface area contributed by atoms with Crippen molar-refractivity contribution in [2.24, 2.45) is 0 Å². The lowest BCUT2D eigenvalue weighted by molar-refractivity contribution is -0.140. The molecule has 2 atom stereocenters. The van der Waals surface area contributed by atoms with E-state index in [1.165, 1.54) is 11.8 Å². The number of hydrogen-bond donors (Lipinski definition) is 2. The Morgan fingerprint density at radius 2 is 1.93 bits per heavy atom. The molecule has 1 aromatic rings. The van der Waals surface area contributed by atoms with E-state index in [1.807, 2.05) is 27.7 Å². The monoisotopic (exact) mass is 395 g/mol. The van der Waals surface area contributed by atoms with Crippen molar-refractivity contribution in [1.82, 2.24) is 14.9 Å². The van der Waals surface area contributed by atoms with Gasteiger partial charge in [0.2, 0.25) is 0 Å². The molecule has 10 heteroatoms. The number of rotatable bonds is 5. The van der Waals surface area contributed by atoms with Crippen LogP contribution in [0.25, 0.3) is 0 Å². The molecule has 0 spiro atoms. The maximum Gasteiger partial charge on any atom is 0.498 e. The van der Waals surface area contributed by atoms with E-state index < -0.39 is 36.9 Å². The molecule has 0 bridgehead atoms. The summed E-state index contributed by atoms with van der Waals surface area (Å²) in [6.07, 6.45) is 2.87. The minimum Gasteiger partial charge on any atom is -0.399 e. The van der Waals surface area contributed by atoms with Gasteiger partial charge in [-0.25, -0.2) is 9.97 Å². The summed E-state index contributed by atoms with van der Waals surface area (Å²) in [5, 5.41) is 19.2. The molecule has 0 aromatic carbocycles. The third kappa shape index (κ3) is 4.29. The van der Waals surface area contributed by atoms with Gasteiger partial charge in [-0.2, -0.15) is 0 Å². The highest BCUT2D eigenvalue weighted by atomic mass is 32.2. The van der Waals surface area contributed by atoms with E-state index in [0.29, 0.717) is 18.2 Å². The molecule has 1 amide bonds. The molecular weight excluding hydrogens is 369 g/mol. The SMILES string of the molecule is CC1(C)OB(c2cnc(S[C@H]3CCN(C(=O)[C@@H](O)CO)C3)nc2)OC1(C)C. The van der Waals surface area contributed by atoms with Gasteiger partial charge in [-0.3, -0.25) is 4.79 Å². The van der Waals surface area contributed by atoms with Crippen LogP contribution in [0.5, 0.6) is 0 Å². The fourth-order valence-corrected chi connectivity index (χ4v) is 3.95. The van der Waals surface area contributed by atoms with E-state index in [1.54, 1.807) is 17.3 Å². The molecule has 2 aliphatic rings. The van der Waals surface area contributed by atoms with E-state index in [2.05, 4.69) is 9.97 Å². The lowest BCUT2D eigenvalue weighted by atomic mass is 9.81. The zero-order valence-corrected chi connectivity index (χ0v) is 16.9. The molecule has 2 aliphatic heterocycles. The number of amides is 1. The minimum absolute atomic E-state index is 0.155. The molecule has 2 saturated heterocycles. The Labute approximate surface area is 163 Å². The highest BCUT2D eigenvalue weighted by molar-refractivity contribution is 7.99. The van der Waals surface area contributed by atoms with Crippen LogP contribution in [0, 0.1) is 0 Å². The Morgan fingerprint density at radius 1 is 1.33 bits per heavy atom. The summed E-state index contributed by atoms with van der Waals surface area (Å²) >= 11 is 1.50. The smallest absolute Gasteiger partial charge is 0.399 e. The van der Waals surface area contributed by atoms with E-state index >= 15 is 0 Å². The van der Waals surface area contributed by atoms with Gasteiger partial charge in [0.1, 0.15) is 0 Å². The van der Waals surface area contributed by atoms with Crippen molar-refractivity contribution in [3.05, 3.63) is 12.4 Å². The molecule has 0 radical (unpaired) electrons. The Balaban J connectivity index is 1.57. The summed E-state index contributed by atoms with van der Waals surface area (Å²) < 4.78 is 12.0. The molecule has 2 fully saturated rings. The van der Waals surface area contributed by atoms with Crippen LogP contribution in [-0.2, 0) is 14.1 Å². The molecule has 1 aromatic heterocycles. The average Bonchev–Trinajstić information content (AvgIpc) is 3.16. The Morgan fingerprint density at radius 3 is 2.48 bits per heavy atom. The number of carbonyl (C=O) groups is 1. The molecular formula is C17H26BN3O5S. The normalized spacial score (nSPS) is 25.0. The van der Waals surface area contributed by atoms with Gasteiger partial charge in [0.05, 0.1) is 17.8 Å². The Kier molecular flexibility index (Phi) is 5.84. The maximum atomic E-state index is 11.9. The second-order valence-electron chi connectivity index (χ2n) is 7.90. The van der Waals surface area contributed by atoms with Crippen LogP contribution in [0.1, 0.15) is 34.1 Å². The largest absolute Gasteiger partial charge is 0.498 e. The second-order valence-corrected chi connectivity index (χ2v) is 9.17. The molecule has 0 saturated carbocycles. The number of aromatic nitrogens is 2. The number of likely N-dealkylation sites (tertiary alicyclic amines) is 1. The fourth-order valence-electron chi connectivity index (χ4n) is 2.95. The van der Waals surface area contributed by atoms with Crippen LogP contribution >= 0.6 is 11.8 Å². The third-order valence-electron chi connectivity index (χ3n) is 5.36. The van der Waals surface area contributed by atoms with Gasteiger partial charge in [0, 0.05) is 36.2 Å². The van der Waals surface area contributed by atoms with Crippen molar-refractivity contribution in [3.8, 4) is 0 Å². The zero-order valence-electron chi connectivity index (χ0n) is 16.1. The van der Waals surface area contributed by atoms with E-state index in [-0.39, 0.29) is 5.25 Å². The molecule has 2 N–H and O–H groups in total. The highest BCUT2D eigenvalue weighted by Gasteiger charge is 2.52. The maximum absolute atomic E-state index is 11.9. The predicted octanol–water partition coefficient (Wildman–Crippen LogP) is -0.178. The van der Waals surface area contributed by atoms with Crippen LogP contribution in [0.3, 0.4) is 0 Å². The first kappa shape index (κ1) is 20.5. The van der Waals surface area contributed by atoms with Crippen LogP contribution in [-0.4, -0.2) is 80.4 Å². The predicted molar refractivity (Wildman–Crippen MR) is 102 cm³/mol. The number of hydrogen-bond acceptors (Lipinski definition) is 8. The molecule has 3 heterocycles. The summed E-state index contributed by atoms with van der Waals surface area (Å²) in [4.78, 5) is 22.3. The van der Waals surface area contributed by atoms with Crippen molar-refractivity contribution < 1.29 is 24.3 Å². The van der Waals surface area contributed by atoms with Crippen molar-refractivity contribution in [1.29, 1.82) is 0 Å². The summed E-state index contributed by atoms with van der Waals surface area (Å²) in [7, 11) is -0.492. The number of aliphatic hydroxyl groups is 2. The lowest BCUT2D eigenvalue weighted by Gasteiger charge is -2.32. The van der Waals surface area contributed by atoms with Crippen molar-refractivity contribution in [2.45, 2.75) is 61.8 Å². The molecule has 148 valence electrons. The molecule has 0 aliphatic carbocycles. The van der Waals surface area contributed by atoms with Gasteiger partial charge in [-0.1, -0.05) is 11.8 Å². The molecule has 27 heavy (non-hydrogen) atoms. The molecule has 3 rings (SSSR count). The Bertz CT molecular complexity index is 672. The van der Waals surface area contributed by atoms with Gasteiger partial charge in [-0.05, 0) is 34.1 Å². The highest BCUT2D eigenvalue weighted by Crippen LogP contribution is 2.36. The van der Waals surface area contributed by atoms with Crippen LogP contribution < -0.4 is 5.46 Å². The molecule has 0 unspecified atom stereocenters. The number of aliphatic hydroxyl groups excluding tert-OH is 2. The van der Waals surface area contributed by atoms with Gasteiger partial charge in [0.15, 0.2) is 11.3 Å². The fraction of sp³-hybridized carbons (Fsp3) is 0.706. The van der Waals surface area contributed by atoms with Gasteiger partial charge >= 0.3 is 7.12 Å². The summed E-state index contributed by atoms with van der Waals surface area (Å²) in [6, 6.07) is 0. The topological polar surface area (TPSA) is 105 Å². The quantitative estimate of drug-likeness (QED) is 0.523. The van der Waals surface area contributed by atoms with Crippen molar-refractivity contribution in [3.63, 3.8) is 0 Å². The van der Waals surface area contributed by atoms with Crippen molar-refractivity contribution in [2.75, 3.05) is 19.7 Å². The summed E-state index contributed by atoms with van der Waals surface area (Å²) in [5.74, 6) is -0.433. The third-order valence-corrected chi connectivity index (χ3v) is 6.50. The van der Waals surface area contributed by atoms with Crippen LogP contribution in [0.15, 0.2) is 17.6 Å². The second kappa shape index (κ2) is 7.67. The standard InChI is InChI=1S/C17H26BN3O5S/c1-16(2)17(3,4)26-18(25-16)11-7-19-15(20-8-11)27-12-5-6-21(9-12)14(24)13(23)10-22/h7-8,12-13,22-23H,5-6,9-10H2,1-4H3/t12-,13-/m0/s1. The number of thioether (sulfide) groups is 1. The summed E-state index contributed by atoms with van der Waals surface area (Å²) in [5.41, 5.74) is -0.0546. The lowest BCUT2D eigenvalue weighted by Crippen LogP contribution is -2.41. The van der Waals surface area contributed by atoms with E-state index in [4.69, 9.17) is 14.4 Å². The zero-order chi connectivity index (χ0) is 19.8. The van der Waals surface area contributed by atoms with E-state index in [0.717, 1.165) is 11.9 Å². The van der Waals surface area contributed by atoms with Crippen LogP contribution in [0.4, 0.5) is 0 Å². The minimum atomic E-state index is -1.34. The molecule has 8 nitrogen and oxygen atoms in total. The van der Waals surface area contributed by atoms with Gasteiger partial charge < -0.3 is 24.4 Å². The number of carbonyl (C=O) groups excluding carboxylic acids is 1. The van der Waals surface area contributed by atoms with E-state index in [9.17, 15) is 9.90 Å². The first-order valence-electron chi connectivity index (χ1n) is 9.05. The Hall–Kier alpha value is -1.20. The van der Waals surface area contributed by atoms with Crippen LogP contribution in [0.2, 0.25) is 0 Å². The average molecular weight is 395 g/mol. The first-order valence-corrected chi connectivity index (χ1v) is 9.93. The van der Waals surface area contributed by atoms with Crippen molar-refractivity contribution >= 4 is 30.3 Å². The first-order chi connectivity index (χ1) is 12.6.